The minimum absolute atomic E-state index is 0.0533. The Labute approximate surface area is 257 Å². The van der Waals surface area contributed by atoms with Crippen LogP contribution in [0.2, 0.25) is 0 Å². The summed E-state index contributed by atoms with van der Waals surface area (Å²) in [5, 5.41) is 9.53. The highest BCUT2D eigenvalue weighted by atomic mass is 16.6. The van der Waals surface area contributed by atoms with Crippen LogP contribution in [-0.2, 0) is 28.6 Å². The molecule has 0 aliphatic heterocycles. The van der Waals surface area contributed by atoms with Crippen molar-refractivity contribution >= 4 is 17.9 Å². The van der Waals surface area contributed by atoms with Gasteiger partial charge in [-0.2, -0.15) is 0 Å². The van der Waals surface area contributed by atoms with Gasteiger partial charge in [0.2, 0.25) is 0 Å². The SMILES string of the molecule is CCCC/C=C/CCCCCCC(=O)OCC(COCCC(C(=O)O)[N+](C)(C)C)OC(=O)CCCCCCCCCC. The number of rotatable bonds is 29. The Morgan fingerprint density at radius 1 is 0.690 bits per heavy atom. The zero-order valence-electron chi connectivity index (χ0n) is 27.7. The van der Waals surface area contributed by atoms with Crippen LogP contribution in [0.4, 0.5) is 0 Å². The predicted molar refractivity (Wildman–Crippen MR) is 169 cm³/mol. The zero-order valence-corrected chi connectivity index (χ0v) is 27.7. The van der Waals surface area contributed by atoms with Gasteiger partial charge in [-0.1, -0.05) is 96.6 Å². The van der Waals surface area contributed by atoms with Gasteiger partial charge < -0.3 is 23.8 Å². The van der Waals surface area contributed by atoms with Crippen molar-refractivity contribution in [3.8, 4) is 0 Å². The van der Waals surface area contributed by atoms with Crippen molar-refractivity contribution in [3.05, 3.63) is 12.2 Å². The maximum atomic E-state index is 12.5. The van der Waals surface area contributed by atoms with Crippen molar-refractivity contribution in [2.75, 3.05) is 41.0 Å². The van der Waals surface area contributed by atoms with E-state index in [-0.39, 0.29) is 36.2 Å². The molecular weight excluding hydrogens is 534 g/mol. The van der Waals surface area contributed by atoms with Crippen LogP contribution >= 0.6 is 0 Å². The second-order valence-electron chi connectivity index (χ2n) is 12.4. The minimum atomic E-state index is -0.878. The van der Waals surface area contributed by atoms with E-state index in [1.165, 1.54) is 44.9 Å². The summed E-state index contributed by atoms with van der Waals surface area (Å²) in [6.07, 6.45) is 22.6. The number of ether oxygens (including phenoxy) is 3. The van der Waals surface area contributed by atoms with Crippen molar-refractivity contribution in [2.45, 2.75) is 148 Å². The smallest absolute Gasteiger partial charge is 0.362 e. The van der Waals surface area contributed by atoms with Gasteiger partial charge in [-0.25, -0.2) is 4.79 Å². The summed E-state index contributed by atoms with van der Waals surface area (Å²) in [6.45, 7) is 4.62. The van der Waals surface area contributed by atoms with Gasteiger partial charge in [0.05, 0.1) is 34.4 Å². The highest BCUT2D eigenvalue weighted by Gasteiger charge is 2.31. The van der Waals surface area contributed by atoms with E-state index < -0.39 is 18.1 Å². The quantitative estimate of drug-likeness (QED) is 0.0409. The fourth-order valence-corrected chi connectivity index (χ4v) is 4.72. The van der Waals surface area contributed by atoms with Gasteiger partial charge in [0.25, 0.3) is 0 Å². The van der Waals surface area contributed by atoms with Crippen molar-refractivity contribution < 1.29 is 38.2 Å². The number of hydrogen-bond donors (Lipinski definition) is 1. The van der Waals surface area contributed by atoms with Crippen LogP contribution in [0.15, 0.2) is 12.2 Å². The van der Waals surface area contributed by atoms with E-state index in [0.717, 1.165) is 57.8 Å². The number of carboxylic acid groups (broad SMARTS) is 1. The number of allylic oxidation sites excluding steroid dienone is 2. The molecule has 0 heterocycles. The standard InChI is InChI=1S/C34H63NO7/c1-6-8-10-12-14-16-17-19-20-22-24-32(36)41-29-30(28-40-27-26-31(34(38)39)35(3,4)5)42-33(37)25-23-21-18-15-13-11-9-7-2/h12,14,30-31H,6-11,13,15-29H2,1-5H3/p+1/b14-12+. The third-order valence-corrected chi connectivity index (χ3v) is 7.41. The average Bonchev–Trinajstić information content (AvgIpc) is 2.92. The van der Waals surface area contributed by atoms with Crippen LogP contribution in [0.5, 0.6) is 0 Å². The number of carbonyl (C=O) groups is 3. The van der Waals surface area contributed by atoms with E-state index in [4.69, 9.17) is 14.2 Å². The molecule has 8 nitrogen and oxygen atoms in total. The second kappa shape index (κ2) is 26.7. The lowest BCUT2D eigenvalue weighted by atomic mass is 10.1. The Bertz CT molecular complexity index is 717. The summed E-state index contributed by atoms with van der Waals surface area (Å²) in [7, 11) is 5.50. The van der Waals surface area contributed by atoms with E-state index >= 15 is 0 Å². The Hall–Kier alpha value is -1.93. The highest BCUT2D eigenvalue weighted by molar-refractivity contribution is 5.72. The molecule has 0 rings (SSSR count). The lowest BCUT2D eigenvalue weighted by Gasteiger charge is -2.31. The molecule has 0 aromatic carbocycles. The number of carbonyl (C=O) groups excluding carboxylic acids is 2. The van der Waals surface area contributed by atoms with E-state index in [2.05, 4.69) is 26.0 Å². The molecule has 0 aromatic rings. The molecule has 246 valence electrons. The summed E-state index contributed by atoms with van der Waals surface area (Å²) >= 11 is 0. The molecule has 2 atom stereocenters. The third-order valence-electron chi connectivity index (χ3n) is 7.41. The molecule has 8 heteroatoms. The Morgan fingerprint density at radius 2 is 1.21 bits per heavy atom. The topological polar surface area (TPSA) is 99.1 Å². The summed E-state index contributed by atoms with van der Waals surface area (Å²) in [5.41, 5.74) is 0. The van der Waals surface area contributed by atoms with Crippen LogP contribution in [0, 0.1) is 0 Å². The van der Waals surface area contributed by atoms with Gasteiger partial charge in [-0.15, -0.1) is 0 Å². The monoisotopic (exact) mass is 598 g/mol. The number of unbranched alkanes of at least 4 members (excludes halogenated alkanes) is 13. The van der Waals surface area contributed by atoms with E-state index in [1.807, 2.05) is 21.1 Å². The number of quaternary nitrogens is 1. The first-order valence-corrected chi connectivity index (χ1v) is 16.7. The van der Waals surface area contributed by atoms with E-state index in [0.29, 0.717) is 19.3 Å². The molecule has 2 unspecified atom stereocenters. The van der Waals surface area contributed by atoms with E-state index in [1.54, 1.807) is 0 Å². The highest BCUT2D eigenvalue weighted by Crippen LogP contribution is 2.13. The maximum absolute atomic E-state index is 12.5. The zero-order chi connectivity index (χ0) is 31.5. The Morgan fingerprint density at radius 3 is 1.79 bits per heavy atom. The fourth-order valence-electron chi connectivity index (χ4n) is 4.72. The van der Waals surface area contributed by atoms with Crippen LogP contribution in [0.1, 0.15) is 136 Å². The van der Waals surface area contributed by atoms with Gasteiger partial charge in [0, 0.05) is 19.3 Å². The molecule has 42 heavy (non-hydrogen) atoms. The minimum Gasteiger partial charge on any atom is -0.477 e. The lowest BCUT2D eigenvalue weighted by molar-refractivity contribution is -0.887. The summed E-state index contributed by atoms with van der Waals surface area (Å²) < 4.78 is 17.1. The molecule has 0 radical (unpaired) electrons. The molecule has 0 saturated heterocycles. The van der Waals surface area contributed by atoms with Crippen molar-refractivity contribution in [1.82, 2.24) is 0 Å². The normalized spacial score (nSPS) is 13.3. The van der Waals surface area contributed by atoms with Gasteiger partial charge in [-0.05, 0) is 32.1 Å². The molecule has 0 fully saturated rings. The number of aliphatic carboxylic acids is 1. The second-order valence-corrected chi connectivity index (χ2v) is 12.4. The van der Waals surface area contributed by atoms with E-state index in [9.17, 15) is 19.5 Å². The maximum Gasteiger partial charge on any atom is 0.362 e. The first-order chi connectivity index (χ1) is 20.1. The number of hydrogen-bond acceptors (Lipinski definition) is 6. The molecule has 0 aromatic heterocycles. The number of carboxylic acids is 1. The van der Waals surface area contributed by atoms with Crippen LogP contribution in [0.3, 0.4) is 0 Å². The predicted octanol–water partition coefficient (Wildman–Crippen LogP) is 7.63. The van der Waals surface area contributed by atoms with Crippen molar-refractivity contribution in [1.29, 1.82) is 0 Å². The molecule has 0 aliphatic carbocycles. The summed E-state index contributed by atoms with van der Waals surface area (Å²) in [6, 6.07) is -0.608. The van der Waals surface area contributed by atoms with Crippen molar-refractivity contribution in [2.24, 2.45) is 0 Å². The molecule has 0 spiro atoms. The number of nitrogens with zero attached hydrogens (tertiary/aromatic N) is 1. The first-order valence-electron chi connectivity index (χ1n) is 16.7. The number of esters is 2. The largest absolute Gasteiger partial charge is 0.477 e. The lowest BCUT2D eigenvalue weighted by Crippen LogP contribution is -2.50. The van der Waals surface area contributed by atoms with Crippen molar-refractivity contribution in [3.63, 3.8) is 0 Å². The summed E-state index contributed by atoms with van der Waals surface area (Å²) in [5.74, 6) is -1.49. The Balaban J connectivity index is 4.50. The first kappa shape index (κ1) is 40.1. The molecule has 0 aliphatic rings. The molecule has 0 bridgehead atoms. The Kier molecular flexibility index (Phi) is 25.5. The van der Waals surface area contributed by atoms with Gasteiger partial charge in [-0.3, -0.25) is 9.59 Å². The van der Waals surface area contributed by atoms with Crippen LogP contribution < -0.4 is 0 Å². The molecule has 0 amide bonds. The van der Waals surface area contributed by atoms with Gasteiger partial charge >= 0.3 is 17.9 Å². The summed E-state index contributed by atoms with van der Waals surface area (Å²) in [4.78, 5) is 36.4. The molecule has 1 N–H and O–H groups in total. The average molecular weight is 599 g/mol. The molecular formula is C34H64NO7+. The molecule has 0 saturated carbocycles. The van der Waals surface area contributed by atoms with Crippen LogP contribution in [0.25, 0.3) is 0 Å². The van der Waals surface area contributed by atoms with Gasteiger partial charge in [0.1, 0.15) is 6.61 Å². The van der Waals surface area contributed by atoms with Gasteiger partial charge in [0.15, 0.2) is 12.1 Å². The fraction of sp³-hybridized carbons (Fsp3) is 0.853. The third kappa shape index (κ3) is 24.6. The van der Waals surface area contributed by atoms with Crippen LogP contribution in [-0.4, -0.2) is 80.6 Å². The number of likely N-dealkylation sites (N-methyl/N-ethyl adjacent to an activating group) is 1.